The summed E-state index contributed by atoms with van der Waals surface area (Å²) >= 11 is 0. The molecule has 9 rings (SSSR count). The lowest BCUT2D eigenvalue weighted by atomic mass is 10.0. The lowest BCUT2D eigenvalue weighted by Crippen LogP contribution is -2.12. The highest BCUT2D eigenvalue weighted by molar-refractivity contribution is 5.36. The van der Waals surface area contributed by atoms with Gasteiger partial charge in [-0.25, -0.2) is 13.2 Å². The predicted octanol–water partition coefficient (Wildman–Crippen LogP) is 26.1. The summed E-state index contributed by atoms with van der Waals surface area (Å²) in [5, 5.41) is 0. The van der Waals surface area contributed by atoms with Crippen molar-refractivity contribution < 1.29 is 105 Å². The van der Waals surface area contributed by atoms with E-state index in [2.05, 4.69) is 0 Å². The molecule has 0 N–H and O–H groups in total. The van der Waals surface area contributed by atoms with Crippen molar-refractivity contribution in [2.45, 2.75) is 119 Å². The molecule has 0 aliphatic carbocycles. The van der Waals surface area contributed by atoms with Gasteiger partial charge in [0.05, 0.1) is 38.9 Å². The minimum absolute atomic E-state index is 0.120. The summed E-state index contributed by atoms with van der Waals surface area (Å²) in [7, 11) is 0. The molecule has 9 aromatic rings. The van der Waals surface area contributed by atoms with Gasteiger partial charge in [-0.1, -0.05) is 143 Å². The van der Waals surface area contributed by atoms with Crippen molar-refractivity contribution in [3.63, 3.8) is 0 Å². The molecule has 0 spiro atoms. The van der Waals surface area contributed by atoms with E-state index in [1.54, 1.807) is 96.1 Å². The van der Waals surface area contributed by atoms with Crippen LogP contribution in [0, 0.1) is 93.6 Å². The molecule has 0 heterocycles. The Balaban J connectivity index is 0.000000543. The van der Waals surface area contributed by atoms with Gasteiger partial charge in [0.1, 0.15) is 17.5 Å². The van der Waals surface area contributed by atoms with E-state index in [0.29, 0.717) is 39.4 Å². The van der Waals surface area contributed by atoms with Gasteiger partial charge in [-0.15, -0.1) is 0 Å². The summed E-state index contributed by atoms with van der Waals surface area (Å²) in [6.07, 6.45) is -30.6. The number of benzene rings is 9. The largest absolute Gasteiger partial charge is 0.416 e. The third-order valence-corrected chi connectivity index (χ3v) is 12.6. The zero-order chi connectivity index (χ0) is 74.0. The van der Waals surface area contributed by atoms with Gasteiger partial charge in [-0.05, 0) is 194 Å². The van der Waals surface area contributed by atoms with Crippen LogP contribution >= 0.6 is 0 Å². The Hall–Kier alpha value is -8.70. The van der Waals surface area contributed by atoms with E-state index in [1.165, 1.54) is 80.6 Å². The zero-order valence-electron chi connectivity index (χ0n) is 53.1. The topological polar surface area (TPSA) is 0 Å². The van der Waals surface area contributed by atoms with Crippen LogP contribution in [0.3, 0.4) is 0 Å². The summed E-state index contributed by atoms with van der Waals surface area (Å²) in [4.78, 5) is 0. The van der Waals surface area contributed by atoms with E-state index in [4.69, 9.17) is 0 Å². The fourth-order valence-corrected chi connectivity index (χ4v) is 7.44. The number of hydrogen-bond donors (Lipinski definition) is 0. The molecule has 0 nitrogen and oxygen atoms in total. The Kier molecular flexibility index (Phi) is 33.4. The smallest absolute Gasteiger partial charge is 0.207 e. The van der Waals surface area contributed by atoms with Crippen LogP contribution in [0.4, 0.5) is 105 Å². The second kappa shape index (κ2) is 37.6. The first-order chi connectivity index (χ1) is 43.8. The summed E-state index contributed by atoms with van der Waals surface area (Å²) in [5.74, 6) is -0.465. The van der Waals surface area contributed by atoms with Crippen molar-refractivity contribution in [2.75, 3.05) is 0 Å². The number of aryl methyl sites for hydroxylation is 10. The molecule has 0 unspecified atom stereocenters. The standard InChI is InChI=1S/C9H6F6.2C9H9F3.3C8H7F3.3C7H7F/c1-5-2-3-6(8(10,11)12)4-7(5)9(13,14)15;1-6-3-7(2)5-8(4-6)9(10,11)12;1-6-4-3-5-8(7(6)2)9(10,11)12;1-6-2-4-7(5-3-6)8(9,10)11;1-6-3-2-4-7(5-6)8(9,10)11;1-6-4-2-3-5-7(6)8(9,10)11;1-6-2-4-7(8)5-3-6;1-6-3-2-4-7(8)5-6;1-6-4-2-3-5-7(6)8/h2-4H,1H3;2*3-5H,1-2H3;3*2-5H,1H3;3*2-5H,1H3. The first-order valence-electron chi connectivity index (χ1n) is 27.9. The summed E-state index contributed by atoms with van der Waals surface area (Å²) in [5.41, 5.74) is 1.12. The van der Waals surface area contributed by atoms with Gasteiger partial charge in [0.25, 0.3) is 0 Å². The molecule has 0 amide bonds. The number of alkyl halides is 21. The van der Waals surface area contributed by atoms with E-state index in [0.717, 1.165) is 78.2 Å². The summed E-state index contributed by atoms with van der Waals surface area (Å²) < 4.78 is 291. The molecule has 0 aliphatic rings. The molecular formula is C72H66F24. The first kappa shape index (κ1) is 85.3. The monoisotopic (exact) mass is 1390 g/mol. The number of halogens is 24. The molecule has 96 heavy (non-hydrogen) atoms. The van der Waals surface area contributed by atoms with Crippen molar-refractivity contribution in [3.8, 4) is 0 Å². The minimum atomic E-state index is -4.76. The minimum Gasteiger partial charge on any atom is -0.207 e. The van der Waals surface area contributed by atoms with Crippen molar-refractivity contribution in [1.29, 1.82) is 0 Å². The molecule has 0 aliphatic heterocycles. The Labute approximate surface area is 540 Å². The van der Waals surface area contributed by atoms with Gasteiger partial charge in [-0.2, -0.15) is 92.2 Å². The van der Waals surface area contributed by atoms with Crippen LogP contribution in [0.15, 0.2) is 200 Å². The van der Waals surface area contributed by atoms with Crippen molar-refractivity contribution in [3.05, 3.63) is 318 Å². The highest BCUT2D eigenvalue weighted by atomic mass is 19.4. The molecular weight excluding hydrogens is 1320 g/mol. The van der Waals surface area contributed by atoms with Crippen LogP contribution in [0.2, 0.25) is 0 Å². The predicted molar refractivity (Wildman–Crippen MR) is 325 cm³/mol. The molecule has 0 atom stereocenters. The van der Waals surface area contributed by atoms with E-state index in [1.807, 2.05) is 26.0 Å². The molecule has 0 aromatic heterocycles. The van der Waals surface area contributed by atoms with Crippen molar-refractivity contribution >= 4 is 0 Å². The molecule has 9 aromatic carbocycles. The highest BCUT2D eigenvalue weighted by Crippen LogP contribution is 2.38. The molecule has 0 bridgehead atoms. The Morgan fingerprint density at radius 1 is 0.198 bits per heavy atom. The van der Waals surface area contributed by atoms with Crippen LogP contribution in [0.5, 0.6) is 0 Å². The van der Waals surface area contributed by atoms with Gasteiger partial charge in [0, 0.05) is 0 Å². The fourth-order valence-electron chi connectivity index (χ4n) is 7.44. The zero-order valence-corrected chi connectivity index (χ0v) is 53.1. The van der Waals surface area contributed by atoms with Crippen LogP contribution in [-0.2, 0) is 43.2 Å². The molecule has 0 saturated heterocycles. The second-order valence-electron chi connectivity index (χ2n) is 21.0. The van der Waals surface area contributed by atoms with Crippen LogP contribution in [-0.4, -0.2) is 0 Å². The van der Waals surface area contributed by atoms with Crippen LogP contribution < -0.4 is 0 Å². The lowest BCUT2D eigenvalue weighted by Gasteiger charge is -2.13. The van der Waals surface area contributed by atoms with Crippen LogP contribution in [0.1, 0.15) is 100 Å². The maximum Gasteiger partial charge on any atom is 0.416 e. The Morgan fingerprint density at radius 2 is 0.552 bits per heavy atom. The lowest BCUT2D eigenvalue weighted by molar-refractivity contribution is -0.144. The maximum atomic E-state index is 12.3. The van der Waals surface area contributed by atoms with E-state index < -0.39 is 82.2 Å². The normalized spacial score (nSPS) is 11.3. The van der Waals surface area contributed by atoms with E-state index >= 15 is 0 Å². The maximum absolute atomic E-state index is 12.3. The number of rotatable bonds is 0. The first-order valence-corrected chi connectivity index (χ1v) is 27.9. The Morgan fingerprint density at radius 3 is 0.896 bits per heavy atom. The summed E-state index contributed by atoms with van der Waals surface area (Å²) in [6.45, 7) is 18.0. The molecule has 0 saturated carbocycles. The fraction of sp³-hybridized carbons (Fsp3) is 0.250. The molecule has 0 fully saturated rings. The SMILES string of the molecule is Cc1cc(C)cc(C(F)(F)F)c1.Cc1ccc(C(F)(F)F)cc1.Cc1ccc(C(F)(F)F)cc1C(F)(F)F.Cc1ccc(F)cc1.Cc1cccc(C(F)(F)F)c1.Cc1cccc(C(F)(F)F)c1C.Cc1cccc(F)c1.Cc1ccccc1C(F)(F)F.Cc1ccccc1F. The van der Waals surface area contributed by atoms with Crippen molar-refractivity contribution in [1.82, 2.24) is 0 Å². The average molecular weight is 1390 g/mol. The molecule has 522 valence electrons. The van der Waals surface area contributed by atoms with E-state index in [9.17, 15) is 105 Å². The Bertz CT molecular complexity index is 3670. The third-order valence-electron chi connectivity index (χ3n) is 12.6. The van der Waals surface area contributed by atoms with Gasteiger partial charge in [0.2, 0.25) is 0 Å². The number of hydrogen-bond acceptors (Lipinski definition) is 0. The van der Waals surface area contributed by atoms with Gasteiger partial charge < -0.3 is 0 Å². The summed E-state index contributed by atoms with van der Waals surface area (Å²) in [6, 6.07) is 45.1. The van der Waals surface area contributed by atoms with Crippen molar-refractivity contribution in [2.24, 2.45) is 0 Å². The van der Waals surface area contributed by atoms with Gasteiger partial charge in [-0.3, -0.25) is 0 Å². The van der Waals surface area contributed by atoms with Gasteiger partial charge >= 0.3 is 43.2 Å². The molecule has 0 radical (unpaired) electrons. The second-order valence-corrected chi connectivity index (χ2v) is 21.0. The van der Waals surface area contributed by atoms with E-state index in [-0.39, 0.29) is 34.6 Å². The molecule has 24 heteroatoms. The van der Waals surface area contributed by atoms with Gasteiger partial charge in [0.15, 0.2) is 0 Å². The highest BCUT2D eigenvalue weighted by Gasteiger charge is 2.38. The quantitative estimate of drug-likeness (QED) is 0.133. The third kappa shape index (κ3) is 33.6. The van der Waals surface area contributed by atoms with Crippen LogP contribution in [0.25, 0.3) is 0 Å². The average Bonchev–Trinajstić information content (AvgIpc) is 0.835.